The highest BCUT2D eigenvalue weighted by atomic mass is 16.3. The van der Waals surface area contributed by atoms with E-state index in [4.69, 9.17) is 14.4 Å². The average molecular weight is 581 g/mol. The molecule has 2 atom stereocenters. The van der Waals surface area contributed by atoms with E-state index in [0.717, 1.165) is 74.2 Å². The average Bonchev–Trinajstić information content (AvgIpc) is 3.49. The molecule has 3 heteroatoms. The molecule has 2 aliphatic heterocycles. The Morgan fingerprint density at radius 2 is 1.36 bits per heavy atom. The van der Waals surface area contributed by atoms with Gasteiger partial charge in [-0.25, -0.2) is 0 Å². The molecule has 0 radical (unpaired) electrons. The van der Waals surface area contributed by atoms with Gasteiger partial charge in [0.25, 0.3) is 0 Å². The van der Waals surface area contributed by atoms with Gasteiger partial charge in [-0.2, -0.15) is 0 Å². The molecule has 0 saturated heterocycles. The van der Waals surface area contributed by atoms with Gasteiger partial charge in [-0.1, -0.05) is 117 Å². The third-order valence-electron chi connectivity index (χ3n) is 9.32. The van der Waals surface area contributed by atoms with Crippen molar-refractivity contribution < 1.29 is 4.42 Å². The first-order chi connectivity index (χ1) is 22.1. The zero-order valence-corrected chi connectivity index (χ0v) is 25.0. The van der Waals surface area contributed by atoms with Crippen molar-refractivity contribution in [3.63, 3.8) is 0 Å². The molecule has 3 nitrogen and oxygen atoms in total. The second kappa shape index (κ2) is 10.9. The summed E-state index contributed by atoms with van der Waals surface area (Å²) in [6, 6.07) is 38.4. The third kappa shape index (κ3) is 4.51. The van der Waals surface area contributed by atoms with Crippen LogP contribution in [0.1, 0.15) is 34.6 Å². The lowest BCUT2D eigenvalue weighted by atomic mass is 9.79. The van der Waals surface area contributed by atoms with Gasteiger partial charge in [-0.15, -0.1) is 0 Å². The number of hydrogen-bond acceptors (Lipinski definition) is 3. The summed E-state index contributed by atoms with van der Waals surface area (Å²) in [6.45, 7) is 12.7. The second-order valence-electron chi connectivity index (χ2n) is 11.8. The van der Waals surface area contributed by atoms with Gasteiger partial charge in [-0.05, 0) is 70.5 Å². The Balaban J connectivity index is 1.23. The molecule has 2 unspecified atom stereocenters. The van der Waals surface area contributed by atoms with Crippen LogP contribution in [0.25, 0.3) is 44.2 Å². The first-order valence-corrected chi connectivity index (χ1v) is 15.5. The minimum absolute atomic E-state index is 0.167. The van der Waals surface area contributed by atoms with E-state index in [9.17, 15) is 0 Å². The zero-order chi connectivity index (χ0) is 30.5. The van der Waals surface area contributed by atoms with E-state index >= 15 is 0 Å². The van der Waals surface area contributed by atoms with Crippen LogP contribution in [0.4, 0.5) is 0 Å². The van der Waals surface area contributed by atoms with Crippen molar-refractivity contribution in [2.45, 2.75) is 24.8 Å². The van der Waals surface area contributed by atoms with Crippen LogP contribution >= 0.6 is 0 Å². The maximum Gasteiger partial charge on any atom is 0.145 e. The van der Waals surface area contributed by atoms with E-state index in [2.05, 4.69) is 123 Å². The lowest BCUT2D eigenvalue weighted by Crippen LogP contribution is -2.27. The van der Waals surface area contributed by atoms with E-state index in [-0.39, 0.29) is 12.0 Å². The summed E-state index contributed by atoms with van der Waals surface area (Å²) < 4.78 is 6.72. The van der Waals surface area contributed by atoms with Crippen LogP contribution in [0.3, 0.4) is 0 Å². The fourth-order valence-electron chi connectivity index (χ4n) is 7.09. The van der Waals surface area contributed by atoms with Crippen molar-refractivity contribution >= 4 is 33.4 Å². The summed E-state index contributed by atoms with van der Waals surface area (Å²) >= 11 is 0. The fraction of sp³-hybridized carbons (Fsp3) is 0.0952. The standard InChI is InChI=1S/C42H32N2O/c1-4-37-33-14-10-9-13-32(33)35-23-19-30-20-24-36-34-22-21-31(29-17-15-28(16-18-29)27-11-7-6-8-12-27)25-39(34)45-42(36)40(30)38(5-2)43-26(3)41(35)44-37/h4-18,20-22,24-25,35,41H,1-3,19,23H2/b43-38-. The SMILES string of the molecule is C=CC1=NC2C(=C)/N=C(/C=C)c3c(ccc4c3oc3cc(-c5ccc(-c6ccccc6)cc5)ccc34)CCC2c2ccccc21. The molecular weight excluding hydrogens is 548 g/mol. The van der Waals surface area contributed by atoms with Crippen molar-refractivity contribution in [1.82, 2.24) is 0 Å². The minimum atomic E-state index is -0.167. The molecule has 0 spiro atoms. The van der Waals surface area contributed by atoms with E-state index in [1.807, 2.05) is 18.2 Å². The summed E-state index contributed by atoms with van der Waals surface area (Å²) in [5.41, 5.74) is 13.4. The van der Waals surface area contributed by atoms with Crippen LogP contribution in [0.2, 0.25) is 0 Å². The highest BCUT2D eigenvalue weighted by Crippen LogP contribution is 2.41. The maximum absolute atomic E-state index is 6.72. The van der Waals surface area contributed by atoms with Gasteiger partial charge in [0.05, 0.1) is 23.2 Å². The highest BCUT2D eigenvalue weighted by molar-refractivity contribution is 6.20. The van der Waals surface area contributed by atoms with Crippen LogP contribution in [0.5, 0.6) is 0 Å². The van der Waals surface area contributed by atoms with Gasteiger partial charge in [0, 0.05) is 27.8 Å². The zero-order valence-electron chi connectivity index (χ0n) is 25.0. The number of aliphatic imine (C=N–C) groups is 2. The lowest BCUT2D eigenvalue weighted by Gasteiger charge is -2.31. The number of benzene rings is 5. The molecular formula is C42H32N2O. The van der Waals surface area contributed by atoms with E-state index in [1.54, 1.807) is 0 Å². The molecule has 5 aromatic carbocycles. The molecule has 0 aliphatic carbocycles. The first kappa shape index (κ1) is 27.0. The van der Waals surface area contributed by atoms with Crippen LogP contribution in [-0.4, -0.2) is 17.5 Å². The normalized spacial score (nSPS) is 18.8. The minimum Gasteiger partial charge on any atom is -0.455 e. The molecule has 8 rings (SSSR count). The Bertz CT molecular complexity index is 2210. The number of furan rings is 1. The van der Waals surface area contributed by atoms with Gasteiger partial charge < -0.3 is 4.42 Å². The fourth-order valence-corrected chi connectivity index (χ4v) is 7.09. The Labute approximate surface area is 263 Å². The molecule has 45 heavy (non-hydrogen) atoms. The molecule has 3 heterocycles. The lowest BCUT2D eigenvalue weighted by molar-refractivity contribution is 0.540. The monoisotopic (exact) mass is 580 g/mol. The van der Waals surface area contributed by atoms with E-state index in [1.165, 1.54) is 22.3 Å². The van der Waals surface area contributed by atoms with Crippen LogP contribution in [-0.2, 0) is 6.42 Å². The second-order valence-corrected chi connectivity index (χ2v) is 11.8. The van der Waals surface area contributed by atoms with Gasteiger partial charge in [0.1, 0.15) is 11.2 Å². The quantitative estimate of drug-likeness (QED) is 0.204. The molecule has 2 aliphatic rings. The summed E-state index contributed by atoms with van der Waals surface area (Å²) in [5.74, 6) is 0.167. The van der Waals surface area contributed by atoms with E-state index in [0.29, 0.717) is 0 Å². The number of fused-ring (bicyclic) bond motifs is 8. The molecule has 216 valence electrons. The van der Waals surface area contributed by atoms with Gasteiger partial charge in [-0.3, -0.25) is 9.98 Å². The number of hydrogen-bond donors (Lipinski definition) is 0. The molecule has 1 aromatic heterocycles. The Kier molecular flexibility index (Phi) is 6.53. The smallest absolute Gasteiger partial charge is 0.145 e. The van der Waals surface area contributed by atoms with Gasteiger partial charge in [0.2, 0.25) is 0 Å². The predicted molar refractivity (Wildman–Crippen MR) is 188 cm³/mol. The summed E-state index contributed by atoms with van der Waals surface area (Å²) in [5, 5.41) is 2.16. The molecule has 0 N–H and O–H groups in total. The summed E-state index contributed by atoms with van der Waals surface area (Å²) in [4.78, 5) is 10.2. The van der Waals surface area contributed by atoms with Crippen molar-refractivity contribution in [3.8, 4) is 22.3 Å². The molecule has 0 bridgehead atoms. The van der Waals surface area contributed by atoms with Crippen LogP contribution in [0.15, 0.2) is 161 Å². The number of allylic oxidation sites excluding steroid dienone is 2. The summed E-state index contributed by atoms with van der Waals surface area (Å²) in [6.07, 6.45) is 5.43. The largest absolute Gasteiger partial charge is 0.455 e. The highest BCUT2D eigenvalue weighted by Gasteiger charge is 2.33. The van der Waals surface area contributed by atoms with Gasteiger partial charge in [0.15, 0.2) is 0 Å². The predicted octanol–water partition coefficient (Wildman–Crippen LogP) is 10.5. The third-order valence-corrected chi connectivity index (χ3v) is 9.32. The Hall–Kier alpha value is -5.54. The first-order valence-electron chi connectivity index (χ1n) is 15.5. The Morgan fingerprint density at radius 3 is 2.13 bits per heavy atom. The maximum atomic E-state index is 6.72. The Morgan fingerprint density at radius 1 is 0.689 bits per heavy atom. The molecule has 6 aromatic rings. The van der Waals surface area contributed by atoms with Gasteiger partial charge >= 0.3 is 0 Å². The van der Waals surface area contributed by atoms with Crippen LogP contribution in [0, 0.1) is 0 Å². The van der Waals surface area contributed by atoms with Crippen molar-refractivity contribution in [2.75, 3.05) is 0 Å². The number of aryl methyl sites for hydroxylation is 1. The summed E-state index contributed by atoms with van der Waals surface area (Å²) in [7, 11) is 0. The number of nitrogens with zero attached hydrogens (tertiary/aromatic N) is 2. The van der Waals surface area contributed by atoms with Crippen molar-refractivity contribution in [3.05, 3.63) is 169 Å². The molecule has 0 amide bonds. The van der Waals surface area contributed by atoms with E-state index < -0.39 is 0 Å². The van der Waals surface area contributed by atoms with Crippen molar-refractivity contribution in [1.29, 1.82) is 0 Å². The number of rotatable bonds is 4. The topological polar surface area (TPSA) is 37.9 Å². The van der Waals surface area contributed by atoms with Crippen molar-refractivity contribution in [2.24, 2.45) is 9.98 Å². The molecule has 0 fully saturated rings. The van der Waals surface area contributed by atoms with Crippen LogP contribution < -0.4 is 0 Å². The molecule has 0 saturated carbocycles.